The maximum atomic E-state index is 12.0. The monoisotopic (exact) mass is 368 g/mol. The van der Waals surface area contributed by atoms with Crippen LogP contribution in [0.15, 0.2) is 12.4 Å². The van der Waals surface area contributed by atoms with Crippen molar-refractivity contribution in [1.82, 2.24) is 15.1 Å². The number of carbonyl (C=O) groups is 1. The Morgan fingerprint density at radius 2 is 2.19 bits per heavy atom. The van der Waals surface area contributed by atoms with Gasteiger partial charge in [0.05, 0.1) is 38.2 Å². The van der Waals surface area contributed by atoms with Gasteiger partial charge in [0.15, 0.2) is 6.29 Å². The first-order valence-electron chi connectivity index (χ1n) is 9.37. The van der Waals surface area contributed by atoms with Crippen LogP contribution in [0.2, 0.25) is 0 Å². The number of nitrogens with zero attached hydrogens (tertiary/aromatic N) is 2. The fourth-order valence-electron chi connectivity index (χ4n) is 3.30. The normalized spacial score (nSPS) is 17.2. The molecule has 1 aliphatic rings. The van der Waals surface area contributed by atoms with Crippen LogP contribution in [0.25, 0.3) is 0 Å². The number of hydrogen-bond acceptors (Lipinski definition) is 5. The number of hydrogen-bond donors (Lipinski definition) is 2. The van der Waals surface area contributed by atoms with Crippen molar-refractivity contribution in [2.24, 2.45) is 5.41 Å². The molecule has 2 amide bonds. The van der Waals surface area contributed by atoms with Gasteiger partial charge in [0.2, 0.25) is 0 Å². The van der Waals surface area contributed by atoms with Crippen LogP contribution >= 0.6 is 0 Å². The fraction of sp³-hybridized carbons (Fsp3) is 0.778. The minimum atomic E-state index is -0.221. The highest BCUT2D eigenvalue weighted by Crippen LogP contribution is 2.37. The van der Waals surface area contributed by atoms with Crippen LogP contribution in [-0.4, -0.2) is 55.6 Å². The van der Waals surface area contributed by atoms with Gasteiger partial charge < -0.3 is 24.8 Å². The number of methoxy groups -OCH3 is 1. The molecular weight excluding hydrogens is 336 g/mol. The molecule has 148 valence electrons. The Labute approximate surface area is 155 Å². The lowest BCUT2D eigenvalue weighted by atomic mass is 9.80. The Kier molecular flexibility index (Phi) is 8.34. The fourth-order valence-corrected chi connectivity index (χ4v) is 3.30. The summed E-state index contributed by atoms with van der Waals surface area (Å²) in [4.78, 5) is 12.0. The number of anilines is 1. The minimum Gasteiger partial charge on any atom is -0.383 e. The number of urea groups is 1. The zero-order chi connectivity index (χ0) is 18.8. The van der Waals surface area contributed by atoms with Crippen molar-refractivity contribution < 1.29 is 19.0 Å². The predicted octanol–water partition coefficient (Wildman–Crippen LogP) is 2.61. The highest BCUT2D eigenvalue weighted by molar-refractivity contribution is 5.88. The maximum Gasteiger partial charge on any atom is 0.319 e. The molecule has 0 unspecified atom stereocenters. The standard InChI is InChI=1S/C18H32N4O4/c1-4-6-18(2,16-25-11-12-26-16)7-5-8-19-17(23)21-15-13-20-22(14-15)9-10-24-3/h13-14,16H,4-12H2,1-3H3,(H2,19,21,23)/t18-/m0/s1. The van der Waals surface area contributed by atoms with Gasteiger partial charge in [-0.2, -0.15) is 5.10 Å². The van der Waals surface area contributed by atoms with Gasteiger partial charge in [-0.3, -0.25) is 4.68 Å². The van der Waals surface area contributed by atoms with Gasteiger partial charge in [0, 0.05) is 25.3 Å². The number of carbonyl (C=O) groups excluding carboxylic acids is 1. The first-order chi connectivity index (χ1) is 12.6. The first-order valence-corrected chi connectivity index (χ1v) is 9.37. The maximum absolute atomic E-state index is 12.0. The minimum absolute atomic E-state index is 0.00804. The van der Waals surface area contributed by atoms with Crippen LogP contribution < -0.4 is 10.6 Å². The summed E-state index contributed by atoms with van der Waals surface area (Å²) in [7, 11) is 1.65. The summed E-state index contributed by atoms with van der Waals surface area (Å²) in [6.45, 7) is 7.56. The Morgan fingerprint density at radius 3 is 2.88 bits per heavy atom. The number of rotatable bonds is 11. The molecule has 2 rings (SSSR count). The smallest absolute Gasteiger partial charge is 0.319 e. The summed E-state index contributed by atoms with van der Waals surface area (Å²) in [5.74, 6) is 0. The van der Waals surface area contributed by atoms with Crippen molar-refractivity contribution >= 4 is 11.7 Å². The number of nitrogens with one attached hydrogen (secondary N) is 2. The van der Waals surface area contributed by atoms with Gasteiger partial charge in [-0.05, 0) is 19.3 Å². The van der Waals surface area contributed by atoms with Gasteiger partial charge in [0.25, 0.3) is 0 Å². The van der Waals surface area contributed by atoms with Crippen LogP contribution in [-0.2, 0) is 20.8 Å². The molecule has 8 nitrogen and oxygen atoms in total. The van der Waals surface area contributed by atoms with Crippen molar-refractivity contribution in [2.75, 3.05) is 38.8 Å². The molecule has 0 aromatic carbocycles. The largest absolute Gasteiger partial charge is 0.383 e. The Morgan fingerprint density at radius 1 is 1.42 bits per heavy atom. The van der Waals surface area contributed by atoms with Crippen molar-refractivity contribution in [2.45, 2.75) is 52.4 Å². The summed E-state index contributed by atoms with van der Waals surface area (Å²) in [5.41, 5.74) is 0.661. The van der Waals surface area contributed by atoms with E-state index in [0.29, 0.717) is 38.6 Å². The molecular formula is C18H32N4O4. The van der Waals surface area contributed by atoms with E-state index in [1.807, 2.05) is 0 Å². The molecule has 0 spiro atoms. The van der Waals surface area contributed by atoms with Crippen LogP contribution in [0.5, 0.6) is 0 Å². The quantitative estimate of drug-likeness (QED) is 0.586. The van der Waals surface area contributed by atoms with E-state index in [2.05, 4.69) is 29.6 Å². The molecule has 1 fully saturated rings. The third-order valence-electron chi connectivity index (χ3n) is 4.64. The Hall–Kier alpha value is -1.64. The van der Waals surface area contributed by atoms with Gasteiger partial charge in [0.1, 0.15) is 0 Å². The molecule has 1 aliphatic heterocycles. The molecule has 2 heterocycles. The highest BCUT2D eigenvalue weighted by Gasteiger charge is 2.37. The first kappa shape index (κ1) is 20.7. The topological polar surface area (TPSA) is 86.6 Å². The third-order valence-corrected chi connectivity index (χ3v) is 4.64. The summed E-state index contributed by atoms with van der Waals surface area (Å²) >= 11 is 0. The van der Waals surface area contributed by atoms with Gasteiger partial charge in [-0.1, -0.05) is 20.3 Å². The van der Waals surface area contributed by atoms with Gasteiger partial charge >= 0.3 is 6.03 Å². The van der Waals surface area contributed by atoms with E-state index in [-0.39, 0.29) is 17.7 Å². The van der Waals surface area contributed by atoms with E-state index in [0.717, 1.165) is 25.7 Å². The van der Waals surface area contributed by atoms with E-state index < -0.39 is 0 Å². The summed E-state index contributed by atoms with van der Waals surface area (Å²) in [6.07, 6.45) is 7.23. The lowest BCUT2D eigenvalue weighted by Gasteiger charge is -2.33. The second kappa shape index (κ2) is 10.5. The lowest BCUT2D eigenvalue weighted by molar-refractivity contribution is -0.133. The van der Waals surface area contributed by atoms with Gasteiger partial charge in [-0.25, -0.2) is 4.79 Å². The second-order valence-electron chi connectivity index (χ2n) is 6.95. The molecule has 1 atom stereocenters. The predicted molar refractivity (Wildman–Crippen MR) is 99.1 cm³/mol. The lowest BCUT2D eigenvalue weighted by Crippen LogP contribution is -2.35. The zero-order valence-corrected chi connectivity index (χ0v) is 16.1. The SMILES string of the molecule is CCC[C@@](C)(CCCNC(=O)Nc1cnn(CCOC)c1)C1OCCO1. The number of aromatic nitrogens is 2. The molecule has 8 heteroatoms. The number of amides is 2. The summed E-state index contributed by atoms with van der Waals surface area (Å²) in [6, 6.07) is -0.221. The van der Waals surface area contributed by atoms with Crippen LogP contribution in [0, 0.1) is 5.41 Å². The molecule has 0 radical (unpaired) electrons. The molecule has 1 aromatic heterocycles. The van der Waals surface area contributed by atoms with Gasteiger partial charge in [-0.15, -0.1) is 0 Å². The highest BCUT2D eigenvalue weighted by atomic mass is 16.7. The van der Waals surface area contributed by atoms with Crippen LogP contribution in [0.3, 0.4) is 0 Å². The van der Waals surface area contributed by atoms with E-state index in [1.54, 1.807) is 24.2 Å². The van der Waals surface area contributed by atoms with Crippen molar-refractivity contribution in [1.29, 1.82) is 0 Å². The molecule has 0 aliphatic carbocycles. The van der Waals surface area contributed by atoms with E-state index in [4.69, 9.17) is 14.2 Å². The number of ether oxygens (including phenoxy) is 3. The van der Waals surface area contributed by atoms with Crippen molar-refractivity contribution in [3.8, 4) is 0 Å². The molecule has 0 bridgehead atoms. The van der Waals surface area contributed by atoms with Crippen molar-refractivity contribution in [3.63, 3.8) is 0 Å². The van der Waals surface area contributed by atoms with E-state index in [9.17, 15) is 4.79 Å². The second-order valence-corrected chi connectivity index (χ2v) is 6.95. The molecule has 26 heavy (non-hydrogen) atoms. The van der Waals surface area contributed by atoms with E-state index in [1.165, 1.54) is 0 Å². The van der Waals surface area contributed by atoms with Crippen molar-refractivity contribution in [3.05, 3.63) is 12.4 Å². The average molecular weight is 368 g/mol. The third kappa shape index (κ3) is 6.26. The van der Waals surface area contributed by atoms with Crippen LogP contribution in [0.1, 0.15) is 39.5 Å². The molecule has 1 aromatic rings. The van der Waals surface area contributed by atoms with Crippen LogP contribution in [0.4, 0.5) is 10.5 Å². The Bertz CT molecular complexity index is 545. The Balaban J connectivity index is 1.69. The zero-order valence-electron chi connectivity index (χ0n) is 16.1. The average Bonchev–Trinajstić information content (AvgIpc) is 3.29. The van der Waals surface area contributed by atoms with E-state index >= 15 is 0 Å². The molecule has 0 saturated carbocycles. The molecule has 1 saturated heterocycles. The summed E-state index contributed by atoms with van der Waals surface area (Å²) < 4.78 is 18.2. The molecule has 2 N–H and O–H groups in total. The summed E-state index contributed by atoms with van der Waals surface area (Å²) in [5, 5.41) is 9.85.